The quantitative estimate of drug-likeness (QED) is 0.657. The standard InChI is InChI=1S/C22H24N4O4S/c27-21(16-26-20-8-4-3-7-19(20)23-15-22(26)28)24-17-9-11-18(12-10-17)31(29,30)25-13-5-1-2-6-14-25/h3-4,7-12,15H,1-2,5-6,13-14,16H2,(H,24,27). The van der Waals surface area contributed by atoms with Gasteiger partial charge in [0.05, 0.1) is 22.1 Å². The van der Waals surface area contributed by atoms with Crippen molar-refractivity contribution >= 4 is 32.7 Å². The second kappa shape index (κ2) is 8.99. The summed E-state index contributed by atoms with van der Waals surface area (Å²) in [6.45, 7) is 0.903. The number of anilines is 1. The van der Waals surface area contributed by atoms with Crippen molar-refractivity contribution in [1.82, 2.24) is 13.9 Å². The number of hydrogen-bond acceptors (Lipinski definition) is 5. The highest BCUT2D eigenvalue weighted by atomic mass is 32.2. The summed E-state index contributed by atoms with van der Waals surface area (Å²) >= 11 is 0. The Morgan fingerprint density at radius 2 is 1.65 bits per heavy atom. The topological polar surface area (TPSA) is 101 Å². The molecule has 1 aliphatic heterocycles. The van der Waals surface area contributed by atoms with Crippen molar-refractivity contribution in [2.75, 3.05) is 18.4 Å². The van der Waals surface area contributed by atoms with Gasteiger partial charge in [-0.15, -0.1) is 0 Å². The smallest absolute Gasteiger partial charge is 0.269 e. The van der Waals surface area contributed by atoms with E-state index in [4.69, 9.17) is 0 Å². The van der Waals surface area contributed by atoms with Gasteiger partial charge in [0.25, 0.3) is 5.56 Å². The fourth-order valence-electron chi connectivity index (χ4n) is 3.76. The Hall–Kier alpha value is -3.04. The largest absolute Gasteiger partial charge is 0.325 e. The first-order valence-electron chi connectivity index (χ1n) is 10.3. The van der Waals surface area contributed by atoms with Gasteiger partial charge in [-0.25, -0.2) is 13.4 Å². The van der Waals surface area contributed by atoms with Crippen molar-refractivity contribution < 1.29 is 13.2 Å². The average Bonchev–Trinajstić information content (AvgIpc) is 3.06. The van der Waals surface area contributed by atoms with Crippen LogP contribution in [0.4, 0.5) is 5.69 Å². The van der Waals surface area contributed by atoms with Gasteiger partial charge in [0.15, 0.2) is 0 Å². The number of sulfonamides is 1. The number of aromatic nitrogens is 2. The van der Waals surface area contributed by atoms with Gasteiger partial charge in [0.2, 0.25) is 15.9 Å². The van der Waals surface area contributed by atoms with Gasteiger partial charge in [-0.2, -0.15) is 4.31 Å². The Labute approximate surface area is 180 Å². The highest BCUT2D eigenvalue weighted by molar-refractivity contribution is 7.89. The van der Waals surface area contributed by atoms with Gasteiger partial charge in [-0.05, 0) is 49.2 Å². The van der Waals surface area contributed by atoms with E-state index >= 15 is 0 Å². The average molecular weight is 441 g/mol. The molecular formula is C22H24N4O4S. The first-order valence-corrected chi connectivity index (χ1v) is 11.7. The lowest BCUT2D eigenvalue weighted by atomic mass is 10.2. The van der Waals surface area contributed by atoms with E-state index in [1.54, 1.807) is 30.3 Å². The van der Waals surface area contributed by atoms with Gasteiger partial charge in [-0.1, -0.05) is 25.0 Å². The maximum atomic E-state index is 12.9. The molecule has 1 saturated heterocycles. The summed E-state index contributed by atoms with van der Waals surface area (Å²) < 4.78 is 28.6. The zero-order valence-corrected chi connectivity index (χ0v) is 17.8. The van der Waals surface area contributed by atoms with Crippen LogP contribution in [-0.4, -0.2) is 41.3 Å². The van der Waals surface area contributed by atoms with Crippen LogP contribution in [0.5, 0.6) is 0 Å². The molecule has 1 aliphatic rings. The Morgan fingerprint density at radius 1 is 0.968 bits per heavy atom. The van der Waals surface area contributed by atoms with E-state index < -0.39 is 10.0 Å². The van der Waals surface area contributed by atoms with E-state index in [1.807, 2.05) is 6.07 Å². The highest BCUT2D eigenvalue weighted by Gasteiger charge is 2.25. The number of carbonyl (C=O) groups excluding carboxylic acids is 1. The zero-order valence-electron chi connectivity index (χ0n) is 17.0. The summed E-state index contributed by atoms with van der Waals surface area (Å²) in [7, 11) is -3.54. The lowest BCUT2D eigenvalue weighted by Crippen LogP contribution is -2.32. The second-order valence-corrected chi connectivity index (χ2v) is 9.50. The van der Waals surface area contributed by atoms with E-state index in [2.05, 4.69) is 10.3 Å². The number of benzene rings is 2. The van der Waals surface area contributed by atoms with Gasteiger partial charge in [-0.3, -0.25) is 14.2 Å². The van der Waals surface area contributed by atoms with Crippen molar-refractivity contribution in [3.05, 3.63) is 65.1 Å². The first-order chi connectivity index (χ1) is 14.9. The maximum Gasteiger partial charge on any atom is 0.269 e. The number of para-hydroxylation sites is 2. The molecule has 1 N–H and O–H groups in total. The minimum Gasteiger partial charge on any atom is -0.325 e. The molecule has 1 fully saturated rings. The number of nitrogens with one attached hydrogen (secondary N) is 1. The van der Waals surface area contributed by atoms with Gasteiger partial charge >= 0.3 is 0 Å². The number of hydrogen-bond donors (Lipinski definition) is 1. The third kappa shape index (κ3) is 4.67. The van der Waals surface area contributed by atoms with Crippen LogP contribution < -0.4 is 10.9 Å². The minimum atomic E-state index is -3.54. The summed E-state index contributed by atoms with van der Waals surface area (Å²) in [5, 5.41) is 2.72. The van der Waals surface area contributed by atoms with Crippen molar-refractivity contribution in [1.29, 1.82) is 0 Å². The molecule has 0 unspecified atom stereocenters. The van der Waals surface area contributed by atoms with Crippen molar-refractivity contribution in [2.24, 2.45) is 0 Å². The van der Waals surface area contributed by atoms with Crippen molar-refractivity contribution in [2.45, 2.75) is 37.1 Å². The van der Waals surface area contributed by atoms with E-state index in [0.717, 1.165) is 25.7 Å². The monoisotopic (exact) mass is 440 g/mol. The van der Waals surface area contributed by atoms with Gasteiger partial charge in [0.1, 0.15) is 6.54 Å². The Bertz CT molecular complexity index is 1240. The van der Waals surface area contributed by atoms with Crippen LogP contribution in [0.25, 0.3) is 11.0 Å². The Balaban J connectivity index is 1.48. The minimum absolute atomic E-state index is 0.171. The fourth-order valence-corrected chi connectivity index (χ4v) is 5.28. The molecule has 31 heavy (non-hydrogen) atoms. The summed E-state index contributed by atoms with van der Waals surface area (Å²) in [6.07, 6.45) is 5.03. The highest BCUT2D eigenvalue weighted by Crippen LogP contribution is 2.22. The molecule has 4 rings (SSSR count). The molecule has 0 radical (unpaired) electrons. The molecule has 0 bridgehead atoms. The Kier molecular flexibility index (Phi) is 6.15. The van der Waals surface area contributed by atoms with Gasteiger partial charge < -0.3 is 5.32 Å². The summed E-state index contributed by atoms with van der Waals surface area (Å²) in [4.78, 5) is 29.0. The third-order valence-electron chi connectivity index (χ3n) is 5.40. The van der Waals surface area contributed by atoms with Crippen LogP contribution in [0, 0.1) is 0 Å². The van der Waals surface area contributed by atoms with Crippen molar-refractivity contribution in [3.63, 3.8) is 0 Å². The fraction of sp³-hybridized carbons (Fsp3) is 0.318. The first kappa shape index (κ1) is 21.2. The summed E-state index contributed by atoms with van der Waals surface area (Å²) in [5.74, 6) is -0.387. The molecule has 2 aromatic carbocycles. The summed E-state index contributed by atoms with van der Waals surface area (Å²) in [6, 6.07) is 13.2. The molecule has 1 aromatic heterocycles. The lowest BCUT2D eigenvalue weighted by Gasteiger charge is -2.20. The molecular weight excluding hydrogens is 416 g/mol. The summed E-state index contributed by atoms with van der Waals surface area (Å²) in [5.41, 5.74) is 1.29. The predicted molar refractivity (Wildman–Crippen MR) is 118 cm³/mol. The van der Waals surface area contributed by atoms with E-state index in [9.17, 15) is 18.0 Å². The molecule has 162 valence electrons. The zero-order chi connectivity index (χ0) is 21.8. The molecule has 3 aromatic rings. The maximum absolute atomic E-state index is 12.9. The van der Waals surface area contributed by atoms with E-state index in [-0.39, 0.29) is 22.9 Å². The Morgan fingerprint density at radius 3 is 2.35 bits per heavy atom. The molecule has 1 amide bonds. The van der Waals surface area contributed by atoms with E-state index in [0.29, 0.717) is 29.8 Å². The SMILES string of the molecule is O=C(Cn1c(=O)cnc2ccccc21)Nc1ccc(S(=O)(=O)N2CCCCCC2)cc1. The molecule has 0 spiro atoms. The molecule has 2 heterocycles. The number of fused-ring (bicyclic) bond motifs is 1. The normalized spacial score (nSPS) is 15.5. The third-order valence-corrected chi connectivity index (χ3v) is 7.31. The number of carbonyl (C=O) groups is 1. The van der Waals surface area contributed by atoms with Crippen molar-refractivity contribution in [3.8, 4) is 0 Å². The molecule has 0 atom stereocenters. The number of amides is 1. The number of nitrogens with zero attached hydrogens (tertiary/aromatic N) is 3. The van der Waals surface area contributed by atoms with Crippen LogP contribution in [0.3, 0.4) is 0 Å². The van der Waals surface area contributed by atoms with Crippen LogP contribution in [0.15, 0.2) is 64.4 Å². The molecule has 0 aliphatic carbocycles. The predicted octanol–water partition coefficient (Wildman–Crippen LogP) is 2.60. The molecule has 9 heteroatoms. The van der Waals surface area contributed by atoms with Crippen LogP contribution >= 0.6 is 0 Å². The van der Waals surface area contributed by atoms with Crippen LogP contribution in [0.2, 0.25) is 0 Å². The van der Waals surface area contributed by atoms with E-state index in [1.165, 1.54) is 27.2 Å². The lowest BCUT2D eigenvalue weighted by molar-refractivity contribution is -0.116. The number of rotatable bonds is 5. The second-order valence-electron chi connectivity index (χ2n) is 7.56. The molecule has 0 saturated carbocycles. The molecule has 8 nitrogen and oxygen atoms in total. The van der Waals surface area contributed by atoms with Gasteiger partial charge in [0, 0.05) is 18.8 Å². The van der Waals surface area contributed by atoms with Crippen LogP contribution in [0.1, 0.15) is 25.7 Å². The van der Waals surface area contributed by atoms with Crippen LogP contribution in [-0.2, 0) is 21.4 Å².